The summed E-state index contributed by atoms with van der Waals surface area (Å²) in [6.45, 7) is 0. The van der Waals surface area contributed by atoms with Crippen molar-refractivity contribution in [2.75, 3.05) is 0 Å². The van der Waals surface area contributed by atoms with Crippen molar-refractivity contribution >= 4 is 32.4 Å². The number of hydrogen-bond acceptors (Lipinski definition) is 2. The molecular weight excluding hydrogens is 292 g/mol. The van der Waals surface area contributed by atoms with Crippen molar-refractivity contribution in [1.29, 1.82) is 0 Å². The fourth-order valence-corrected chi connectivity index (χ4v) is 2.83. The summed E-state index contributed by atoms with van der Waals surface area (Å²) in [5.74, 6) is 0. The first kappa shape index (κ1) is 14.3. The smallest absolute Gasteiger partial charge is 0.0708 e. The second-order valence-electron chi connectivity index (χ2n) is 5.59. The molecule has 0 bridgehead atoms. The molecule has 0 aliphatic rings. The van der Waals surface area contributed by atoms with E-state index in [2.05, 4.69) is 52.4 Å². The van der Waals surface area contributed by atoms with Gasteiger partial charge in [0, 0.05) is 29.4 Å². The Kier molecular flexibility index (Phi) is 3.86. The van der Waals surface area contributed by atoms with Crippen molar-refractivity contribution < 1.29 is 0 Å². The summed E-state index contributed by atoms with van der Waals surface area (Å²) in [5, 5.41) is 6.15. The topological polar surface area (TPSA) is 25.8 Å². The first-order valence-electron chi connectivity index (χ1n) is 7.93. The van der Waals surface area contributed by atoms with Gasteiger partial charge in [0.1, 0.15) is 0 Å². The molecule has 0 N–H and O–H groups in total. The summed E-state index contributed by atoms with van der Waals surface area (Å²) < 4.78 is 0. The van der Waals surface area contributed by atoms with Gasteiger partial charge in [-0.3, -0.25) is 9.97 Å². The van der Waals surface area contributed by atoms with Crippen LogP contribution in [-0.2, 0) is 0 Å². The van der Waals surface area contributed by atoms with Crippen LogP contribution in [0.2, 0.25) is 0 Å². The van der Waals surface area contributed by atoms with Crippen LogP contribution >= 0.6 is 0 Å². The van der Waals surface area contributed by atoms with Crippen molar-refractivity contribution in [2.45, 2.75) is 0 Å². The number of aromatic nitrogens is 2. The number of rotatable bonds is 0. The van der Waals surface area contributed by atoms with Crippen LogP contribution in [0.1, 0.15) is 0 Å². The summed E-state index contributed by atoms with van der Waals surface area (Å²) >= 11 is 0. The first-order chi connectivity index (χ1) is 11.9. The molecule has 0 saturated heterocycles. The van der Waals surface area contributed by atoms with E-state index in [0.717, 1.165) is 5.52 Å². The molecule has 0 fully saturated rings. The molecule has 0 aliphatic carbocycles. The molecule has 0 unspecified atom stereocenters. The van der Waals surface area contributed by atoms with Crippen LogP contribution in [0.25, 0.3) is 32.4 Å². The quantitative estimate of drug-likeness (QED) is 0.347. The highest BCUT2D eigenvalue weighted by molar-refractivity contribution is 6.05. The third-order valence-corrected chi connectivity index (χ3v) is 4.05. The van der Waals surface area contributed by atoms with E-state index >= 15 is 0 Å². The molecule has 2 aromatic heterocycles. The average molecular weight is 308 g/mol. The normalized spacial score (nSPS) is 10.5. The van der Waals surface area contributed by atoms with Crippen molar-refractivity contribution in [2.24, 2.45) is 0 Å². The molecule has 2 heterocycles. The monoisotopic (exact) mass is 308 g/mol. The zero-order valence-corrected chi connectivity index (χ0v) is 13.1. The summed E-state index contributed by atoms with van der Waals surface area (Å²) in [4.78, 5) is 8.42. The Balaban J connectivity index is 0.000000129. The van der Waals surface area contributed by atoms with Gasteiger partial charge in [-0.2, -0.15) is 0 Å². The lowest BCUT2D eigenvalue weighted by Gasteiger charge is -2.01. The van der Waals surface area contributed by atoms with Gasteiger partial charge in [0.15, 0.2) is 0 Å². The second-order valence-corrected chi connectivity index (χ2v) is 5.59. The van der Waals surface area contributed by atoms with Crippen LogP contribution in [-0.4, -0.2) is 9.97 Å². The number of para-hydroxylation sites is 1. The van der Waals surface area contributed by atoms with E-state index in [1.54, 1.807) is 0 Å². The molecule has 0 radical (unpaired) electrons. The maximum absolute atomic E-state index is 4.41. The number of nitrogens with zero attached hydrogens (tertiary/aromatic N) is 2. The lowest BCUT2D eigenvalue weighted by Crippen LogP contribution is -1.80. The largest absolute Gasteiger partial charge is 0.264 e. The van der Waals surface area contributed by atoms with Gasteiger partial charge in [0.2, 0.25) is 0 Å². The Morgan fingerprint density at radius 1 is 0.500 bits per heavy atom. The molecule has 5 aromatic rings. The summed E-state index contributed by atoms with van der Waals surface area (Å²) in [6.07, 6.45) is 5.61. The molecule has 3 aromatic carbocycles. The van der Waals surface area contributed by atoms with E-state index in [0.29, 0.717) is 0 Å². The zero-order valence-electron chi connectivity index (χ0n) is 13.1. The van der Waals surface area contributed by atoms with E-state index < -0.39 is 0 Å². The molecule has 0 atom stereocenters. The van der Waals surface area contributed by atoms with Gasteiger partial charge in [-0.05, 0) is 28.3 Å². The van der Waals surface area contributed by atoms with Gasteiger partial charge in [-0.25, -0.2) is 0 Å². The highest BCUT2D eigenvalue weighted by Crippen LogP contribution is 2.22. The van der Waals surface area contributed by atoms with Gasteiger partial charge in [-0.15, -0.1) is 0 Å². The number of benzene rings is 3. The fourth-order valence-electron chi connectivity index (χ4n) is 2.83. The number of fused-ring (bicyclic) bond motifs is 4. The predicted octanol–water partition coefficient (Wildman–Crippen LogP) is 5.62. The van der Waals surface area contributed by atoms with Crippen molar-refractivity contribution in [1.82, 2.24) is 9.97 Å². The maximum atomic E-state index is 4.41. The van der Waals surface area contributed by atoms with Gasteiger partial charge >= 0.3 is 0 Å². The molecule has 2 heteroatoms. The SMILES string of the molecule is c1ccc2c(c1)cnc1ccccc12.c1ccc2cnccc2c1. The van der Waals surface area contributed by atoms with E-state index in [9.17, 15) is 0 Å². The minimum absolute atomic E-state index is 1.06. The third kappa shape index (κ3) is 2.82. The first-order valence-corrected chi connectivity index (χ1v) is 7.93. The Morgan fingerprint density at radius 3 is 2.00 bits per heavy atom. The van der Waals surface area contributed by atoms with Crippen molar-refractivity contribution in [3.8, 4) is 0 Å². The van der Waals surface area contributed by atoms with Crippen LogP contribution in [0.3, 0.4) is 0 Å². The second kappa shape index (κ2) is 6.47. The highest BCUT2D eigenvalue weighted by Gasteiger charge is 1.98. The molecular formula is C22H16N2. The summed E-state index contributed by atoms with van der Waals surface area (Å²) in [5.41, 5.74) is 1.06. The van der Waals surface area contributed by atoms with E-state index in [4.69, 9.17) is 0 Å². The van der Waals surface area contributed by atoms with Gasteiger partial charge in [0.05, 0.1) is 5.52 Å². The molecule has 24 heavy (non-hydrogen) atoms. The average Bonchev–Trinajstić information content (AvgIpc) is 2.68. The summed E-state index contributed by atoms with van der Waals surface area (Å²) in [7, 11) is 0. The van der Waals surface area contributed by atoms with Gasteiger partial charge < -0.3 is 0 Å². The van der Waals surface area contributed by atoms with E-state index in [-0.39, 0.29) is 0 Å². The van der Waals surface area contributed by atoms with Gasteiger partial charge in [-0.1, -0.05) is 66.7 Å². The molecule has 0 amide bonds. The van der Waals surface area contributed by atoms with Crippen molar-refractivity contribution in [3.63, 3.8) is 0 Å². The Labute approximate surface area is 140 Å². The van der Waals surface area contributed by atoms with Crippen molar-refractivity contribution in [3.05, 3.63) is 97.5 Å². The predicted molar refractivity (Wildman–Crippen MR) is 101 cm³/mol. The Bertz CT molecular complexity index is 996. The van der Waals surface area contributed by atoms with Crippen LogP contribution in [0.15, 0.2) is 97.5 Å². The third-order valence-electron chi connectivity index (χ3n) is 4.05. The molecule has 5 rings (SSSR count). The molecule has 0 spiro atoms. The minimum atomic E-state index is 1.06. The molecule has 2 nitrogen and oxygen atoms in total. The standard InChI is InChI=1S/C13H9N.C9H7N/c1-2-6-11-10(5-1)9-14-13-8-4-3-7-12(11)13;1-2-4-9-7-10-6-5-8(9)3-1/h1-9H;1-7H. The fraction of sp³-hybridized carbons (Fsp3) is 0. The van der Waals surface area contributed by atoms with E-state index in [1.807, 2.05) is 55.0 Å². The van der Waals surface area contributed by atoms with E-state index in [1.165, 1.54) is 26.9 Å². The minimum Gasteiger partial charge on any atom is -0.264 e. The number of pyridine rings is 2. The van der Waals surface area contributed by atoms with Crippen LogP contribution in [0.5, 0.6) is 0 Å². The zero-order chi connectivity index (χ0) is 16.2. The molecule has 0 aliphatic heterocycles. The van der Waals surface area contributed by atoms with Crippen LogP contribution in [0.4, 0.5) is 0 Å². The Morgan fingerprint density at radius 2 is 1.17 bits per heavy atom. The van der Waals surface area contributed by atoms with Crippen LogP contribution < -0.4 is 0 Å². The lowest BCUT2D eigenvalue weighted by molar-refractivity contribution is 1.36. The lowest BCUT2D eigenvalue weighted by atomic mass is 10.1. The van der Waals surface area contributed by atoms with Gasteiger partial charge in [0.25, 0.3) is 0 Å². The van der Waals surface area contributed by atoms with Crippen LogP contribution in [0, 0.1) is 0 Å². The molecule has 0 saturated carbocycles. The molecule has 114 valence electrons. The maximum Gasteiger partial charge on any atom is 0.0708 e. The summed E-state index contributed by atoms with van der Waals surface area (Å²) in [6, 6.07) is 26.8. The Hall–Kier alpha value is -3.26. The highest BCUT2D eigenvalue weighted by atomic mass is 14.6. The number of hydrogen-bond donors (Lipinski definition) is 0.